The van der Waals surface area contributed by atoms with Crippen LogP contribution in [0.15, 0.2) is 329 Å². The molecule has 22 rings (SSSR count). The highest BCUT2D eigenvalue weighted by Gasteiger charge is 2.23. The van der Waals surface area contributed by atoms with Gasteiger partial charge in [-0.1, -0.05) is 24.3 Å². The molecule has 0 aliphatic heterocycles. The number of hydrogen-bond donors (Lipinski definition) is 1. The third-order valence-electron chi connectivity index (χ3n) is 21.7. The Morgan fingerprint density at radius 3 is 1.42 bits per heavy atom. The van der Waals surface area contributed by atoms with E-state index < -0.39 is 17.7 Å². The number of ketones is 1. The van der Waals surface area contributed by atoms with E-state index >= 15 is 0 Å². The molecule has 38 heteroatoms. The summed E-state index contributed by atoms with van der Waals surface area (Å²) in [5, 5.41) is 27.2. The Labute approximate surface area is 834 Å². The quantitative estimate of drug-likeness (QED) is 0.0361. The predicted octanol–water partition coefficient (Wildman–Crippen LogP) is 18.5. The molecule has 0 aromatic carbocycles. The maximum atomic E-state index is 12.4. The highest BCUT2D eigenvalue weighted by atomic mass is 16.6. The van der Waals surface area contributed by atoms with Gasteiger partial charge in [-0.15, -0.1) is 0 Å². The number of hydrogen-bond acceptors (Lipinski definition) is 27. The normalized spacial score (nSPS) is 11.0. The third kappa shape index (κ3) is 24.0. The lowest BCUT2D eigenvalue weighted by atomic mass is 10.1. The maximum Gasteiger partial charge on any atom is 0.418 e. The molecule has 1 N–H and O–H groups in total. The number of aromatic amines is 1. The first-order valence-corrected chi connectivity index (χ1v) is 45.8. The Bertz CT molecular complexity index is 8400. The van der Waals surface area contributed by atoms with Crippen LogP contribution in [0.25, 0.3) is 84.8 Å². The molecule has 22 aromatic rings. The van der Waals surface area contributed by atoms with Gasteiger partial charge in [0.05, 0.1) is 146 Å². The second-order valence-electron chi connectivity index (χ2n) is 33.1. The van der Waals surface area contributed by atoms with E-state index in [1.165, 1.54) is 23.2 Å². The van der Waals surface area contributed by atoms with Gasteiger partial charge in [0.25, 0.3) is 0 Å². The molecule has 0 fully saturated rings. The number of carbonyl (C=O) groups is 5. The van der Waals surface area contributed by atoms with Gasteiger partial charge in [0, 0.05) is 131 Å². The van der Waals surface area contributed by atoms with Crippen LogP contribution in [-0.2, 0) is 25.4 Å². The molecule has 38 nitrogen and oxygen atoms in total. The molecule has 0 saturated carbocycles. The van der Waals surface area contributed by atoms with Crippen LogP contribution in [0.1, 0.15) is 140 Å². The lowest BCUT2D eigenvalue weighted by Crippen LogP contribution is -2.27. The fraction of sp³-hybridized carbons (Fsp3) is 0.139. The summed E-state index contributed by atoms with van der Waals surface area (Å²) in [4.78, 5) is 127. The van der Waals surface area contributed by atoms with Crippen LogP contribution in [-0.4, -0.2) is 182 Å². The van der Waals surface area contributed by atoms with Crippen LogP contribution < -0.4 is 0 Å². The molecule has 0 spiro atoms. The van der Waals surface area contributed by atoms with Gasteiger partial charge in [0.1, 0.15) is 80.4 Å². The minimum absolute atomic E-state index is 0.0636. The van der Waals surface area contributed by atoms with Gasteiger partial charge < -0.3 is 32.9 Å². The molecule has 22 heterocycles. The second kappa shape index (κ2) is 45.6. The number of aromatic nitrogens is 24. The zero-order valence-corrected chi connectivity index (χ0v) is 80.7. The maximum absolute atomic E-state index is 12.4. The summed E-state index contributed by atoms with van der Waals surface area (Å²) in [7, 11) is 0. The van der Waals surface area contributed by atoms with Gasteiger partial charge >= 0.3 is 24.0 Å². The first-order valence-electron chi connectivity index (χ1n) is 45.8. The molecule has 0 aliphatic rings. The number of aliphatic imine (C=N–C) groups is 2. The minimum atomic E-state index is -0.593. The van der Waals surface area contributed by atoms with Crippen LogP contribution in [0.4, 0.5) is 16.2 Å². The molecule has 146 heavy (non-hydrogen) atoms. The summed E-state index contributed by atoms with van der Waals surface area (Å²) in [5.41, 5.74) is 22.4. The second-order valence-corrected chi connectivity index (χ2v) is 33.1. The van der Waals surface area contributed by atoms with Crippen LogP contribution in [0, 0.1) is 61.7 Å². The number of ether oxygens (including phenoxy) is 4. The average Bonchev–Trinajstić information content (AvgIpc) is 1.77. The molecule has 0 radical (unpaired) electrons. The van der Waals surface area contributed by atoms with E-state index in [9.17, 15) is 24.0 Å². The number of carbonyl (C=O) groups excluding carboxylic acids is 5. The summed E-state index contributed by atoms with van der Waals surface area (Å²) >= 11 is 0. The molecule has 22 aromatic heterocycles. The standard InChI is InChI=1S/C19H21N3O4.C17H12N6.2C15H11N5.C15H13N3O.C14H13N3O2.C13H12N4O2/c1-5-25-17(23)15-11-20-16-9-8-13(12-22(15)16)14-7-6-10-21(14)18(24)26-19(2,3)4;1-12-3-2-4-15(21-12)16-9-19-11-23(16)13-5-6-17-20-8-14(7-18)22(17)10-13;2*1-11-3-2-4-12(19-11)8-17-13-5-6-15-18-9-14(7-16)20(15)10-13;1-11-3-2-4-13(17-11)9-14(19)12-5-6-15-16-7-8-18(15)10-12;1-2-19-14(18)12-8-16-13-6-5-10(9-17(12)13)11-4-3-7-15-11;1-2-19-13(18)11-7-15-12-4-3-10(8-17(11)12)16-6-5-14-9-16/h6-12H,5H2,1-4H3;2-6,8-11H,1H3;2*2-6,8-10H,1H3;2-8,10H,9H2,1H3;3-9,15H,2H2,1H3;3-9H,2H2,1H3. The fourth-order valence-electron chi connectivity index (χ4n) is 14.9. The van der Waals surface area contributed by atoms with E-state index in [4.69, 9.17) is 34.7 Å². The minimum Gasteiger partial charge on any atom is -0.461 e. The van der Waals surface area contributed by atoms with E-state index in [1.54, 1.807) is 159 Å². The van der Waals surface area contributed by atoms with Crippen molar-refractivity contribution in [2.24, 2.45) is 9.98 Å². The largest absolute Gasteiger partial charge is 0.461 e. The van der Waals surface area contributed by atoms with E-state index in [-0.39, 0.29) is 24.3 Å². The number of nitrogens with one attached hydrogen (secondary N) is 1. The highest BCUT2D eigenvalue weighted by molar-refractivity contribution is 5.97. The number of esters is 3. The van der Waals surface area contributed by atoms with Crippen molar-refractivity contribution in [3.63, 3.8) is 0 Å². The number of nitrogens with zero attached hydrogens (tertiary/aromatic N) is 28. The summed E-state index contributed by atoms with van der Waals surface area (Å²) < 4.78 is 37.9. The topological polar surface area (TPSA) is 447 Å². The highest BCUT2D eigenvalue weighted by Crippen LogP contribution is 2.28. The predicted molar refractivity (Wildman–Crippen MR) is 545 cm³/mol. The van der Waals surface area contributed by atoms with Gasteiger partial charge in [-0.3, -0.25) is 70.3 Å². The van der Waals surface area contributed by atoms with Crippen molar-refractivity contribution in [3.05, 3.63) is 398 Å². The molecule has 0 bridgehead atoms. The summed E-state index contributed by atoms with van der Waals surface area (Å²) in [6.45, 7) is 19.5. The lowest BCUT2D eigenvalue weighted by molar-refractivity contribution is 0.0508. The Hall–Kier alpha value is -20.2. The van der Waals surface area contributed by atoms with Crippen LogP contribution in [0.3, 0.4) is 0 Å². The molecular weight excluding hydrogens is 1850 g/mol. The molecule has 724 valence electrons. The number of pyridine rings is 11. The van der Waals surface area contributed by atoms with E-state index in [1.807, 2.05) is 263 Å². The smallest absolute Gasteiger partial charge is 0.418 e. The molecule has 0 aliphatic carbocycles. The molecule has 0 amide bonds. The zero-order valence-electron chi connectivity index (χ0n) is 80.7. The van der Waals surface area contributed by atoms with Crippen molar-refractivity contribution >= 4 is 93.1 Å². The lowest BCUT2D eigenvalue weighted by Gasteiger charge is -2.20. The van der Waals surface area contributed by atoms with E-state index in [2.05, 4.69) is 98.0 Å². The SMILES string of the molecule is CCOC(=O)c1cnc2ccc(-c3ccc[nH]3)cn12.CCOC(=O)c1cnc2ccc(-c3cccn3C(=O)OC(C)(C)C)cn12.CCOC(=O)c1cnc2ccc(-n3ccnc3)cn12.Cc1cccc(-c2cncn2-c2ccc3ncc(C#N)n3c2)n1.Cc1cccc(C=Nc2ccc3ncc(C#N)n3c2)n1.Cc1cccc(C=Nc2ccc3ncc(C#N)n3c2)n1.Cc1cccc(CC(=O)c2ccc3nccn3c2)n1. The average molecular weight is 1940 g/mol. The van der Waals surface area contributed by atoms with Crippen molar-refractivity contribution in [2.75, 3.05) is 19.8 Å². The Morgan fingerprint density at radius 2 is 0.904 bits per heavy atom. The van der Waals surface area contributed by atoms with E-state index in [0.29, 0.717) is 76.3 Å². The van der Waals surface area contributed by atoms with Crippen molar-refractivity contribution in [1.29, 1.82) is 15.8 Å². The third-order valence-corrected chi connectivity index (χ3v) is 21.7. The van der Waals surface area contributed by atoms with Gasteiger partial charge in [0.15, 0.2) is 22.9 Å². The van der Waals surface area contributed by atoms with Crippen molar-refractivity contribution < 1.29 is 42.9 Å². The summed E-state index contributed by atoms with van der Waals surface area (Å²) in [6, 6.07) is 63.0. The zero-order chi connectivity index (χ0) is 102. The first-order chi connectivity index (χ1) is 70.9. The Balaban J connectivity index is 0.000000122. The van der Waals surface area contributed by atoms with Gasteiger partial charge in [0.2, 0.25) is 0 Å². The molecule has 0 unspecified atom stereocenters. The Kier molecular flexibility index (Phi) is 30.8. The summed E-state index contributed by atoms with van der Waals surface area (Å²) in [6.07, 6.45) is 41.0. The number of H-pyrrole nitrogens is 1. The number of imidazole rings is 9. The monoisotopic (exact) mass is 1940 g/mol. The van der Waals surface area contributed by atoms with Gasteiger partial charge in [-0.2, -0.15) is 15.8 Å². The fourth-order valence-corrected chi connectivity index (χ4v) is 14.9. The number of fused-ring (bicyclic) bond motifs is 7. The van der Waals surface area contributed by atoms with E-state index in [0.717, 1.165) is 119 Å². The van der Waals surface area contributed by atoms with Crippen molar-refractivity contribution in [1.82, 2.24) is 114 Å². The number of Topliss-reactive ketones (excluding diaryl/α,β-unsaturated/α-hetero) is 1. The van der Waals surface area contributed by atoms with Gasteiger partial charge in [-0.25, -0.2) is 64.0 Å². The van der Waals surface area contributed by atoms with Crippen LogP contribution in [0.2, 0.25) is 0 Å². The number of aryl methyl sites for hydroxylation is 4. The number of nitriles is 3. The van der Waals surface area contributed by atoms with Crippen molar-refractivity contribution in [3.8, 4) is 63.5 Å². The number of rotatable bonds is 18. The summed E-state index contributed by atoms with van der Waals surface area (Å²) in [5.74, 6) is -1.12. The Morgan fingerprint density at radius 1 is 0.418 bits per heavy atom. The van der Waals surface area contributed by atoms with Crippen LogP contribution in [0.5, 0.6) is 0 Å². The van der Waals surface area contributed by atoms with Gasteiger partial charge in [-0.05, 0) is 227 Å². The van der Waals surface area contributed by atoms with Crippen molar-refractivity contribution in [2.45, 2.75) is 81.3 Å². The molecular formula is C108H93N29O9. The molecule has 0 saturated heterocycles. The molecule has 0 atom stereocenters. The van der Waals surface area contributed by atoms with Crippen LogP contribution >= 0.6 is 0 Å². The first kappa shape index (κ1) is 98.8.